The first-order valence-electron chi connectivity index (χ1n) is 20.1. The van der Waals surface area contributed by atoms with E-state index >= 15 is 0 Å². The molecular formula is C54H36N4O. The summed E-state index contributed by atoms with van der Waals surface area (Å²) in [6.07, 6.45) is 0. The van der Waals surface area contributed by atoms with Gasteiger partial charge in [-0.3, -0.25) is 0 Å². The summed E-state index contributed by atoms with van der Waals surface area (Å²) >= 11 is 0. The molecule has 0 aliphatic heterocycles. The molecule has 3 aromatic heterocycles. The largest absolute Gasteiger partial charge is 0.455 e. The number of fused-ring (bicyclic) bond motifs is 9. The van der Waals surface area contributed by atoms with Gasteiger partial charge >= 0.3 is 0 Å². The first kappa shape index (κ1) is 33.5. The van der Waals surface area contributed by atoms with Crippen LogP contribution in [-0.2, 0) is 5.41 Å². The predicted molar refractivity (Wildman–Crippen MR) is 241 cm³/mol. The zero-order chi connectivity index (χ0) is 39.2. The van der Waals surface area contributed by atoms with Crippen LogP contribution in [0.25, 0.3) is 106 Å². The molecule has 1 aliphatic rings. The molecule has 0 spiro atoms. The normalized spacial score (nSPS) is 13.1. The second-order valence-electron chi connectivity index (χ2n) is 16.0. The van der Waals surface area contributed by atoms with E-state index in [1.165, 1.54) is 38.5 Å². The Bertz CT molecular complexity index is 3410. The predicted octanol–water partition coefficient (Wildman–Crippen LogP) is 13.8. The minimum atomic E-state index is -0.140. The second-order valence-corrected chi connectivity index (χ2v) is 16.0. The van der Waals surface area contributed by atoms with Gasteiger partial charge in [-0.25, -0.2) is 15.0 Å². The monoisotopic (exact) mass is 756 g/mol. The topological polar surface area (TPSA) is 56.7 Å². The van der Waals surface area contributed by atoms with E-state index in [2.05, 4.69) is 128 Å². The molecule has 0 atom stereocenters. The molecule has 0 amide bonds. The molecule has 5 heteroatoms. The van der Waals surface area contributed by atoms with Crippen LogP contribution < -0.4 is 0 Å². The van der Waals surface area contributed by atoms with Crippen molar-refractivity contribution in [3.05, 3.63) is 193 Å². The molecule has 12 rings (SSSR count). The van der Waals surface area contributed by atoms with Gasteiger partial charge in [0.05, 0.1) is 11.0 Å². The van der Waals surface area contributed by atoms with E-state index in [4.69, 9.17) is 19.4 Å². The molecule has 1 aliphatic carbocycles. The van der Waals surface area contributed by atoms with Gasteiger partial charge in [0.2, 0.25) is 0 Å². The molecule has 0 unspecified atom stereocenters. The molecular weight excluding hydrogens is 721 g/mol. The molecule has 278 valence electrons. The SMILES string of the molecule is CC1(C)c2ccccc2-c2cc3c4ccccc4n(-c4ccc(-c5nc(-c6ccccc6)nc(-c6ccccc6)n5)c(-c5cccc6c5oc5ccccc56)c4)c3cc21. The van der Waals surface area contributed by atoms with Gasteiger partial charge in [-0.05, 0) is 70.3 Å². The lowest BCUT2D eigenvalue weighted by atomic mass is 9.82. The Kier molecular flexibility index (Phi) is 7.20. The van der Waals surface area contributed by atoms with E-state index in [0.717, 1.165) is 61.0 Å². The molecule has 8 aromatic carbocycles. The van der Waals surface area contributed by atoms with Gasteiger partial charge in [-0.2, -0.15) is 0 Å². The van der Waals surface area contributed by atoms with Crippen LogP contribution in [0, 0.1) is 0 Å². The van der Waals surface area contributed by atoms with Crippen LogP contribution in [0.4, 0.5) is 0 Å². The van der Waals surface area contributed by atoms with E-state index in [-0.39, 0.29) is 5.41 Å². The number of benzene rings is 8. The van der Waals surface area contributed by atoms with Crippen LogP contribution in [0.1, 0.15) is 25.0 Å². The summed E-state index contributed by atoms with van der Waals surface area (Å²) in [7, 11) is 0. The summed E-state index contributed by atoms with van der Waals surface area (Å²) in [5, 5.41) is 4.60. The van der Waals surface area contributed by atoms with Crippen LogP contribution in [0.3, 0.4) is 0 Å². The van der Waals surface area contributed by atoms with Crippen LogP contribution in [0.5, 0.6) is 0 Å². The lowest BCUT2D eigenvalue weighted by molar-refractivity contribution is 0.661. The Morgan fingerprint density at radius 3 is 1.81 bits per heavy atom. The Morgan fingerprint density at radius 1 is 0.407 bits per heavy atom. The van der Waals surface area contributed by atoms with Gasteiger partial charge in [-0.15, -0.1) is 0 Å². The maximum atomic E-state index is 6.73. The van der Waals surface area contributed by atoms with Gasteiger partial charge in [0, 0.05) is 54.9 Å². The average molecular weight is 757 g/mol. The Labute approximate surface area is 340 Å². The van der Waals surface area contributed by atoms with E-state index in [1.54, 1.807) is 0 Å². The molecule has 0 fully saturated rings. The van der Waals surface area contributed by atoms with Crippen molar-refractivity contribution in [3.8, 4) is 62.1 Å². The zero-order valence-corrected chi connectivity index (χ0v) is 32.5. The average Bonchev–Trinajstić information content (AvgIpc) is 3.91. The second kappa shape index (κ2) is 12.7. The van der Waals surface area contributed by atoms with Crippen molar-refractivity contribution in [1.29, 1.82) is 0 Å². The molecule has 11 aromatic rings. The fraction of sp³-hybridized carbons (Fsp3) is 0.0556. The van der Waals surface area contributed by atoms with Crippen molar-refractivity contribution >= 4 is 43.7 Å². The van der Waals surface area contributed by atoms with E-state index in [9.17, 15) is 0 Å². The van der Waals surface area contributed by atoms with Gasteiger partial charge < -0.3 is 8.98 Å². The molecule has 0 saturated carbocycles. The summed E-state index contributed by atoms with van der Waals surface area (Å²) < 4.78 is 9.15. The lowest BCUT2D eigenvalue weighted by Crippen LogP contribution is -2.15. The van der Waals surface area contributed by atoms with Crippen molar-refractivity contribution in [2.45, 2.75) is 19.3 Å². The number of nitrogens with zero attached hydrogens (tertiary/aromatic N) is 4. The summed E-state index contributed by atoms with van der Waals surface area (Å²) in [5.41, 5.74) is 14.9. The lowest BCUT2D eigenvalue weighted by Gasteiger charge is -2.22. The summed E-state index contributed by atoms with van der Waals surface area (Å²) in [5.74, 6) is 1.82. The number of hydrogen-bond acceptors (Lipinski definition) is 4. The van der Waals surface area contributed by atoms with Crippen molar-refractivity contribution < 1.29 is 4.42 Å². The molecule has 0 radical (unpaired) electrons. The maximum absolute atomic E-state index is 6.73. The zero-order valence-electron chi connectivity index (χ0n) is 32.5. The summed E-state index contributed by atoms with van der Waals surface area (Å²) in [6.45, 7) is 4.69. The van der Waals surface area contributed by atoms with Crippen molar-refractivity contribution in [2.24, 2.45) is 0 Å². The van der Waals surface area contributed by atoms with Gasteiger partial charge in [0.15, 0.2) is 17.5 Å². The van der Waals surface area contributed by atoms with Gasteiger partial charge in [-0.1, -0.05) is 153 Å². The summed E-state index contributed by atoms with van der Waals surface area (Å²) in [6, 6.07) is 64.1. The number of para-hydroxylation sites is 3. The smallest absolute Gasteiger partial charge is 0.164 e. The molecule has 59 heavy (non-hydrogen) atoms. The quantitative estimate of drug-likeness (QED) is 0.175. The number of hydrogen-bond donors (Lipinski definition) is 0. The highest BCUT2D eigenvalue weighted by molar-refractivity contribution is 6.13. The Morgan fingerprint density at radius 2 is 1.03 bits per heavy atom. The third-order valence-electron chi connectivity index (χ3n) is 12.3. The van der Waals surface area contributed by atoms with Crippen molar-refractivity contribution in [1.82, 2.24) is 19.5 Å². The number of furan rings is 1. The Hall–Kier alpha value is -7.63. The third-order valence-corrected chi connectivity index (χ3v) is 12.3. The number of rotatable bonds is 5. The van der Waals surface area contributed by atoms with E-state index in [1.807, 2.05) is 72.8 Å². The Balaban J connectivity index is 1.15. The fourth-order valence-electron chi connectivity index (χ4n) is 9.42. The molecule has 0 saturated heterocycles. The van der Waals surface area contributed by atoms with Gasteiger partial charge in [0.1, 0.15) is 11.2 Å². The fourth-order valence-corrected chi connectivity index (χ4v) is 9.42. The molecule has 3 heterocycles. The highest BCUT2D eigenvalue weighted by Gasteiger charge is 2.36. The first-order valence-corrected chi connectivity index (χ1v) is 20.1. The molecule has 0 bridgehead atoms. The van der Waals surface area contributed by atoms with E-state index in [0.29, 0.717) is 17.5 Å². The summed E-state index contributed by atoms with van der Waals surface area (Å²) in [4.78, 5) is 15.4. The van der Waals surface area contributed by atoms with Crippen LogP contribution in [-0.4, -0.2) is 19.5 Å². The molecule has 0 N–H and O–H groups in total. The first-order chi connectivity index (χ1) is 29.0. The van der Waals surface area contributed by atoms with Crippen molar-refractivity contribution in [2.75, 3.05) is 0 Å². The molecule has 5 nitrogen and oxygen atoms in total. The highest BCUT2D eigenvalue weighted by Crippen LogP contribution is 2.51. The number of aromatic nitrogens is 4. The van der Waals surface area contributed by atoms with Crippen LogP contribution in [0.15, 0.2) is 186 Å². The standard InChI is InChI=1S/C54H36N4O/c1-54(2)45-25-12-9-20-36(45)43-31-44-37-21-10-13-26-47(37)58(48(44)32-46(43)54)35-28-29-41(42(30-35)40-24-15-23-39-38-22-11-14-27-49(38)59-50(39)40)53-56-51(33-16-5-3-6-17-33)55-52(57-53)34-18-7-4-8-19-34/h3-32H,1-2H3. The van der Waals surface area contributed by atoms with Crippen molar-refractivity contribution in [3.63, 3.8) is 0 Å². The highest BCUT2D eigenvalue weighted by atomic mass is 16.3. The third kappa shape index (κ3) is 5.08. The van der Waals surface area contributed by atoms with E-state index < -0.39 is 0 Å². The maximum Gasteiger partial charge on any atom is 0.164 e. The minimum absolute atomic E-state index is 0.140. The minimum Gasteiger partial charge on any atom is -0.455 e. The van der Waals surface area contributed by atoms with Crippen LogP contribution >= 0.6 is 0 Å². The van der Waals surface area contributed by atoms with Crippen LogP contribution in [0.2, 0.25) is 0 Å². The van der Waals surface area contributed by atoms with Gasteiger partial charge in [0.25, 0.3) is 0 Å².